The Balaban J connectivity index is 1.63. The van der Waals surface area contributed by atoms with Crippen LogP contribution in [0.5, 0.6) is 0 Å². The van der Waals surface area contributed by atoms with E-state index >= 15 is 0 Å². The summed E-state index contributed by atoms with van der Waals surface area (Å²) < 4.78 is 1.59. The smallest absolute Gasteiger partial charge is 0.332 e. The van der Waals surface area contributed by atoms with Gasteiger partial charge in [-0.15, -0.1) is 0 Å². The Labute approximate surface area is 160 Å². The van der Waals surface area contributed by atoms with Crippen molar-refractivity contribution in [3.05, 3.63) is 88.2 Å². The van der Waals surface area contributed by atoms with Crippen molar-refractivity contribution in [2.45, 2.75) is 12.3 Å². The molecule has 7 heteroatoms. The number of hydrogen-bond acceptors (Lipinski definition) is 4. The SMILES string of the molecule is O=C1NCC(Cc2ccccn2)c2cc(-n3c(=O)[nH]c4ncccc43)ccc21. The molecule has 0 radical (unpaired) electrons. The number of amides is 1. The highest BCUT2D eigenvalue weighted by Crippen LogP contribution is 2.29. The average molecular weight is 371 g/mol. The number of imidazole rings is 1. The Morgan fingerprint density at radius 3 is 2.79 bits per heavy atom. The molecule has 0 spiro atoms. The van der Waals surface area contributed by atoms with Crippen molar-refractivity contribution >= 4 is 17.1 Å². The Bertz CT molecular complexity index is 1240. The van der Waals surface area contributed by atoms with Crippen molar-refractivity contribution in [2.24, 2.45) is 0 Å². The number of rotatable bonds is 3. The van der Waals surface area contributed by atoms with Gasteiger partial charge in [-0.25, -0.2) is 9.78 Å². The van der Waals surface area contributed by atoms with Gasteiger partial charge < -0.3 is 5.32 Å². The minimum absolute atomic E-state index is 0.0848. The molecule has 3 aromatic heterocycles. The van der Waals surface area contributed by atoms with E-state index in [1.165, 1.54) is 0 Å². The normalized spacial score (nSPS) is 16.0. The van der Waals surface area contributed by atoms with E-state index in [9.17, 15) is 9.59 Å². The summed E-state index contributed by atoms with van der Waals surface area (Å²) in [6.07, 6.45) is 4.12. The lowest BCUT2D eigenvalue weighted by atomic mass is 9.86. The molecule has 1 aliphatic heterocycles. The fraction of sp³-hybridized carbons (Fsp3) is 0.143. The Kier molecular flexibility index (Phi) is 3.79. The first-order valence-corrected chi connectivity index (χ1v) is 9.09. The molecule has 4 heterocycles. The van der Waals surface area contributed by atoms with E-state index in [0.717, 1.165) is 11.3 Å². The van der Waals surface area contributed by atoms with Gasteiger partial charge in [0, 0.05) is 36.1 Å². The van der Waals surface area contributed by atoms with Crippen molar-refractivity contribution in [1.82, 2.24) is 24.8 Å². The molecule has 1 atom stereocenters. The molecule has 0 bridgehead atoms. The Morgan fingerprint density at radius 1 is 1.04 bits per heavy atom. The molecule has 7 nitrogen and oxygen atoms in total. The molecule has 1 aliphatic rings. The van der Waals surface area contributed by atoms with Crippen LogP contribution < -0.4 is 11.0 Å². The fourth-order valence-electron chi connectivity index (χ4n) is 3.80. The first kappa shape index (κ1) is 16.4. The van der Waals surface area contributed by atoms with Crippen molar-refractivity contribution in [3.8, 4) is 5.69 Å². The lowest BCUT2D eigenvalue weighted by Crippen LogP contribution is -2.36. The van der Waals surface area contributed by atoms with Gasteiger partial charge in [-0.3, -0.25) is 19.3 Å². The van der Waals surface area contributed by atoms with Crippen molar-refractivity contribution in [2.75, 3.05) is 6.54 Å². The number of carbonyl (C=O) groups is 1. The van der Waals surface area contributed by atoms with Gasteiger partial charge in [-0.05, 0) is 54.4 Å². The quantitative estimate of drug-likeness (QED) is 0.577. The average Bonchev–Trinajstić information content (AvgIpc) is 3.06. The molecule has 1 unspecified atom stereocenters. The van der Waals surface area contributed by atoms with Gasteiger partial charge in [0.1, 0.15) is 0 Å². The number of nitrogens with one attached hydrogen (secondary N) is 2. The third kappa shape index (κ3) is 2.68. The monoisotopic (exact) mass is 371 g/mol. The van der Waals surface area contributed by atoms with Crippen molar-refractivity contribution in [3.63, 3.8) is 0 Å². The summed E-state index contributed by atoms with van der Waals surface area (Å²) in [5.41, 5.74) is 4.23. The third-order valence-corrected chi connectivity index (χ3v) is 5.12. The minimum Gasteiger partial charge on any atom is -0.351 e. The second-order valence-corrected chi connectivity index (χ2v) is 6.84. The van der Waals surface area contributed by atoms with Gasteiger partial charge in [0.05, 0.1) is 11.2 Å². The van der Waals surface area contributed by atoms with E-state index in [2.05, 4.69) is 20.3 Å². The van der Waals surface area contributed by atoms with Crippen LogP contribution in [0.25, 0.3) is 16.9 Å². The maximum atomic E-state index is 12.5. The van der Waals surface area contributed by atoms with E-state index in [4.69, 9.17) is 0 Å². The van der Waals surface area contributed by atoms with Gasteiger partial charge in [0.25, 0.3) is 5.91 Å². The van der Waals surface area contributed by atoms with Gasteiger partial charge in [-0.1, -0.05) is 6.07 Å². The number of aromatic amines is 1. The summed E-state index contributed by atoms with van der Waals surface area (Å²) in [5, 5.41) is 2.95. The van der Waals surface area contributed by atoms with Crippen LogP contribution >= 0.6 is 0 Å². The van der Waals surface area contributed by atoms with Gasteiger partial charge in [0.2, 0.25) is 0 Å². The first-order chi connectivity index (χ1) is 13.7. The summed E-state index contributed by atoms with van der Waals surface area (Å²) in [6, 6.07) is 15.0. The van der Waals surface area contributed by atoms with Gasteiger partial charge in [0.15, 0.2) is 5.65 Å². The number of pyridine rings is 2. The Hall–Kier alpha value is -3.74. The van der Waals surface area contributed by atoms with Crippen molar-refractivity contribution in [1.29, 1.82) is 0 Å². The molecular formula is C21H17N5O2. The summed E-state index contributed by atoms with van der Waals surface area (Å²) in [5.74, 6) is -0.00616. The summed E-state index contributed by atoms with van der Waals surface area (Å²) in [4.78, 5) is 36.3. The first-order valence-electron chi connectivity index (χ1n) is 9.09. The molecule has 1 aromatic carbocycles. The molecule has 0 aliphatic carbocycles. The highest BCUT2D eigenvalue weighted by molar-refractivity contribution is 5.97. The fourth-order valence-corrected chi connectivity index (χ4v) is 3.80. The van der Waals surface area contributed by atoms with E-state index in [-0.39, 0.29) is 17.5 Å². The highest BCUT2D eigenvalue weighted by Gasteiger charge is 2.26. The predicted octanol–water partition coefficient (Wildman–Crippen LogP) is 2.18. The molecule has 0 saturated heterocycles. The van der Waals surface area contributed by atoms with Crippen LogP contribution in [0.3, 0.4) is 0 Å². The lowest BCUT2D eigenvalue weighted by molar-refractivity contribution is 0.0940. The van der Waals surface area contributed by atoms with E-state index in [1.807, 2.05) is 30.3 Å². The molecule has 5 rings (SSSR count). The zero-order chi connectivity index (χ0) is 19.1. The Morgan fingerprint density at radius 2 is 1.93 bits per heavy atom. The van der Waals surface area contributed by atoms with Gasteiger partial charge >= 0.3 is 5.69 Å². The molecule has 0 saturated carbocycles. The summed E-state index contributed by atoms with van der Waals surface area (Å²) in [6.45, 7) is 0.538. The summed E-state index contributed by atoms with van der Waals surface area (Å²) in [7, 11) is 0. The maximum Gasteiger partial charge on any atom is 0.332 e. The van der Waals surface area contributed by atoms with Crippen LogP contribution in [-0.2, 0) is 6.42 Å². The second-order valence-electron chi connectivity index (χ2n) is 6.84. The topological polar surface area (TPSA) is 92.7 Å². The number of hydrogen-bond donors (Lipinski definition) is 2. The molecular weight excluding hydrogens is 354 g/mol. The second kappa shape index (κ2) is 6.45. The minimum atomic E-state index is -0.254. The van der Waals surface area contributed by atoms with E-state index < -0.39 is 0 Å². The third-order valence-electron chi connectivity index (χ3n) is 5.12. The molecule has 4 aromatic rings. The van der Waals surface area contributed by atoms with E-state index in [1.54, 1.807) is 35.2 Å². The number of H-pyrrole nitrogens is 1. The molecule has 28 heavy (non-hydrogen) atoms. The number of benzene rings is 1. The van der Waals surface area contributed by atoms with Crippen LogP contribution in [0, 0.1) is 0 Å². The molecule has 1 amide bonds. The van der Waals surface area contributed by atoms with Crippen LogP contribution in [-0.4, -0.2) is 32.0 Å². The molecule has 138 valence electrons. The van der Waals surface area contributed by atoms with Gasteiger partial charge in [-0.2, -0.15) is 0 Å². The van der Waals surface area contributed by atoms with Crippen LogP contribution in [0.1, 0.15) is 27.5 Å². The van der Waals surface area contributed by atoms with Crippen LogP contribution in [0.15, 0.2) is 65.7 Å². The number of nitrogens with zero attached hydrogens (tertiary/aromatic N) is 3. The standard InChI is InChI=1S/C21H17N5O2/c27-20-16-7-6-15(26-18-5-3-9-23-19(18)25-21(26)28)11-17(16)13(12-24-20)10-14-4-1-2-8-22-14/h1-9,11,13H,10,12H2,(H,24,27)(H,23,25,28). The van der Waals surface area contributed by atoms with E-state index in [0.29, 0.717) is 35.4 Å². The van der Waals surface area contributed by atoms with Crippen LogP contribution in [0.4, 0.5) is 0 Å². The zero-order valence-electron chi connectivity index (χ0n) is 14.9. The lowest BCUT2D eigenvalue weighted by Gasteiger charge is -2.26. The molecule has 0 fully saturated rings. The molecule has 2 N–H and O–H groups in total. The summed E-state index contributed by atoms with van der Waals surface area (Å²) >= 11 is 0. The highest BCUT2D eigenvalue weighted by atomic mass is 16.2. The van der Waals surface area contributed by atoms with Crippen LogP contribution in [0.2, 0.25) is 0 Å². The number of carbonyl (C=O) groups excluding carboxylic acids is 1. The number of fused-ring (bicyclic) bond motifs is 2. The zero-order valence-corrected chi connectivity index (χ0v) is 14.9. The maximum absolute atomic E-state index is 12.5. The van der Waals surface area contributed by atoms with Crippen molar-refractivity contribution < 1.29 is 4.79 Å². The largest absolute Gasteiger partial charge is 0.351 e. The predicted molar refractivity (Wildman–Crippen MR) is 105 cm³/mol. The number of aromatic nitrogens is 4.